The lowest BCUT2D eigenvalue weighted by molar-refractivity contribution is -0.117. The van der Waals surface area contributed by atoms with Gasteiger partial charge in [0, 0.05) is 9.26 Å². The number of amides is 1. The van der Waals surface area contributed by atoms with Crippen LogP contribution in [0.1, 0.15) is 0 Å². The molecule has 3 heteroatoms. The minimum Gasteiger partial charge on any atom is -0.325 e. The number of nitrogens with one attached hydrogen (secondary N) is 1. The molecule has 1 aromatic carbocycles. The SMILES string of the molecule is O=C(Nc1ccc(I)cc1)C1C=CC=C1. The Hall–Kier alpha value is -1.10. The summed E-state index contributed by atoms with van der Waals surface area (Å²) in [5.74, 6) is -0.106. The van der Waals surface area contributed by atoms with Crippen molar-refractivity contribution in [3.63, 3.8) is 0 Å². The van der Waals surface area contributed by atoms with Crippen molar-refractivity contribution in [3.8, 4) is 0 Å². The van der Waals surface area contributed by atoms with E-state index in [-0.39, 0.29) is 11.8 Å². The van der Waals surface area contributed by atoms with E-state index in [9.17, 15) is 4.79 Å². The van der Waals surface area contributed by atoms with Gasteiger partial charge in [-0.05, 0) is 46.9 Å². The molecule has 0 saturated heterocycles. The minimum atomic E-state index is -0.121. The highest BCUT2D eigenvalue weighted by atomic mass is 127. The van der Waals surface area contributed by atoms with Gasteiger partial charge < -0.3 is 5.32 Å². The summed E-state index contributed by atoms with van der Waals surface area (Å²) in [5, 5.41) is 2.87. The summed E-state index contributed by atoms with van der Waals surface area (Å²) in [7, 11) is 0. The maximum Gasteiger partial charge on any atom is 0.235 e. The van der Waals surface area contributed by atoms with E-state index in [1.165, 1.54) is 0 Å². The molecule has 1 aromatic rings. The maximum absolute atomic E-state index is 11.7. The summed E-state index contributed by atoms with van der Waals surface area (Å²) in [6, 6.07) is 7.75. The van der Waals surface area contributed by atoms with Crippen molar-refractivity contribution in [1.82, 2.24) is 0 Å². The van der Waals surface area contributed by atoms with E-state index < -0.39 is 0 Å². The zero-order valence-electron chi connectivity index (χ0n) is 7.98. The number of hydrogen-bond acceptors (Lipinski definition) is 1. The second kappa shape index (κ2) is 4.61. The molecule has 1 amide bonds. The highest BCUT2D eigenvalue weighted by Gasteiger charge is 2.13. The summed E-state index contributed by atoms with van der Waals surface area (Å²) in [5.41, 5.74) is 0.842. The Balaban J connectivity index is 2.02. The van der Waals surface area contributed by atoms with E-state index in [1.807, 2.05) is 48.6 Å². The number of hydrogen-bond donors (Lipinski definition) is 1. The van der Waals surface area contributed by atoms with Crippen LogP contribution in [0.3, 0.4) is 0 Å². The summed E-state index contributed by atoms with van der Waals surface area (Å²) < 4.78 is 1.16. The summed E-state index contributed by atoms with van der Waals surface area (Å²) in [4.78, 5) is 11.7. The molecule has 0 bridgehead atoms. The van der Waals surface area contributed by atoms with Gasteiger partial charge in [-0.3, -0.25) is 4.79 Å². The fraction of sp³-hybridized carbons (Fsp3) is 0.0833. The highest BCUT2D eigenvalue weighted by molar-refractivity contribution is 14.1. The number of carbonyl (C=O) groups is 1. The molecular weight excluding hydrogens is 301 g/mol. The van der Waals surface area contributed by atoms with E-state index in [4.69, 9.17) is 0 Å². The van der Waals surface area contributed by atoms with Gasteiger partial charge in [-0.2, -0.15) is 0 Å². The average molecular weight is 311 g/mol. The second-order valence-electron chi connectivity index (χ2n) is 3.29. The smallest absolute Gasteiger partial charge is 0.235 e. The van der Waals surface area contributed by atoms with E-state index in [2.05, 4.69) is 27.9 Å². The Morgan fingerprint density at radius 2 is 1.73 bits per heavy atom. The molecule has 0 radical (unpaired) electrons. The topological polar surface area (TPSA) is 29.1 Å². The minimum absolute atomic E-state index is 0.0150. The van der Waals surface area contributed by atoms with Crippen LogP contribution in [0.5, 0.6) is 0 Å². The molecule has 0 unspecified atom stereocenters. The molecule has 0 saturated carbocycles. The van der Waals surface area contributed by atoms with E-state index >= 15 is 0 Å². The Bertz CT molecular complexity index is 408. The van der Waals surface area contributed by atoms with Crippen molar-refractivity contribution in [3.05, 3.63) is 52.1 Å². The lowest BCUT2D eigenvalue weighted by Crippen LogP contribution is -2.18. The van der Waals surface area contributed by atoms with Crippen molar-refractivity contribution in [2.45, 2.75) is 0 Å². The first-order valence-corrected chi connectivity index (χ1v) is 5.75. The van der Waals surface area contributed by atoms with Crippen LogP contribution in [-0.2, 0) is 4.79 Å². The molecule has 2 rings (SSSR count). The Labute approximate surface area is 102 Å². The number of carbonyl (C=O) groups excluding carboxylic acids is 1. The first-order valence-electron chi connectivity index (χ1n) is 4.67. The molecule has 1 N–H and O–H groups in total. The van der Waals surface area contributed by atoms with Crippen LogP contribution in [0.25, 0.3) is 0 Å². The third-order valence-corrected chi connectivity index (χ3v) is 2.88. The van der Waals surface area contributed by atoms with Gasteiger partial charge in [-0.15, -0.1) is 0 Å². The molecule has 0 aliphatic heterocycles. The van der Waals surface area contributed by atoms with Crippen molar-refractivity contribution in [1.29, 1.82) is 0 Å². The molecule has 1 aliphatic carbocycles. The Morgan fingerprint density at radius 3 is 2.33 bits per heavy atom. The van der Waals surface area contributed by atoms with Crippen LogP contribution >= 0.6 is 22.6 Å². The van der Waals surface area contributed by atoms with Gasteiger partial charge >= 0.3 is 0 Å². The number of benzene rings is 1. The molecule has 2 nitrogen and oxygen atoms in total. The molecule has 0 aromatic heterocycles. The predicted octanol–water partition coefficient (Wildman–Crippen LogP) is 2.97. The first-order chi connectivity index (χ1) is 7.25. The van der Waals surface area contributed by atoms with Crippen molar-refractivity contribution in [2.24, 2.45) is 5.92 Å². The summed E-state index contributed by atoms with van der Waals surface area (Å²) in [6.07, 6.45) is 7.53. The molecule has 0 heterocycles. The third kappa shape index (κ3) is 2.68. The molecule has 0 atom stereocenters. The lowest BCUT2D eigenvalue weighted by atomic mass is 10.1. The normalized spacial score (nSPS) is 14.5. The monoisotopic (exact) mass is 311 g/mol. The third-order valence-electron chi connectivity index (χ3n) is 2.16. The standard InChI is InChI=1S/C12H10INO/c13-10-5-7-11(8-6-10)14-12(15)9-3-1-2-4-9/h1-9H,(H,14,15). The number of halogens is 1. The quantitative estimate of drug-likeness (QED) is 0.836. The molecule has 0 fully saturated rings. The lowest BCUT2D eigenvalue weighted by Gasteiger charge is -2.07. The van der Waals surface area contributed by atoms with Gasteiger partial charge in [0.05, 0.1) is 5.92 Å². The second-order valence-corrected chi connectivity index (χ2v) is 4.54. The molecule has 15 heavy (non-hydrogen) atoms. The van der Waals surface area contributed by atoms with Gasteiger partial charge in [0.15, 0.2) is 0 Å². The van der Waals surface area contributed by atoms with Gasteiger partial charge in [0.25, 0.3) is 0 Å². The van der Waals surface area contributed by atoms with Crippen LogP contribution < -0.4 is 5.32 Å². The van der Waals surface area contributed by atoms with E-state index in [0.29, 0.717) is 0 Å². The zero-order chi connectivity index (χ0) is 10.7. The highest BCUT2D eigenvalue weighted by Crippen LogP contribution is 2.15. The Morgan fingerprint density at radius 1 is 1.13 bits per heavy atom. The summed E-state index contributed by atoms with van der Waals surface area (Å²) in [6.45, 7) is 0. The average Bonchev–Trinajstić information content (AvgIpc) is 2.74. The first kappa shape index (κ1) is 10.4. The number of anilines is 1. The van der Waals surface area contributed by atoms with Gasteiger partial charge in [0.2, 0.25) is 5.91 Å². The van der Waals surface area contributed by atoms with Crippen LogP contribution in [0.4, 0.5) is 5.69 Å². The summed E-state index contributed by atoms with van der Waals surface area (Å²) >= 11 is 2.23. The number of rotatable bonds is 2. The van der Waals surface area contributed by atoms with E-state index in [1.54, 1.807) is 0 Å². The van der Waals surface area contributed by atoms with Gasteiger partial charge in [0.1, 0.15) is 0 Å². The van der Waals surface area contributed by atoms with Crippen LogP contribution in [0, 0.1) is 9.49 Å². The van der Waals surface area contributed by atoms with Crippen molar-refractivity contribution in [2.75, 3.05) is 5.32 Å². The van der Waals surface area contributed by atoms with Gasteiger partial charge in [-0.1, -0.05) is 24.3 Å². The predicted molar refractivity (Wildman–Crippen MR) is 69.6 cm³/mol. The fourth-order valence-electron chi connectivity index (χ4n) is 1.37. The fourth-order valence-corrected chi connectivity index (χ4v) is 1.73. The maximum atomic E-state index is 11.7. The molecule has 1 aliphatic rings. The van der Waals surface area contributed by atoms with Crippen molar-refractivity contribution < 1.29 is 4.79 Å². The molecule has 76 valence electrons. The van der Waals surface area contributed by atoms with Crippen LogP contribution in [-0.4, -0.2) is 5.91 Å². The molecular formula is C12H10INO. The van der Waals surface area contributed by atoms with Gasteiger partial charge in [-0.25, -0.2) is 0 Å². The largest absolute Gasteiger partial charge is 0.325 e. The van der Waals surface area contributed by atoms with E-state index in [0.717, 1.165) is 9.26 Å². The van der Waals surface area contributed by atoms with Crippen LogP contribution in [0.15, 0.2) is 48.6 Å². The molecule has 0 spiro atoms. The number of allylic oxidation sites excluding steroid dienone is 2. The zero-order valence-corrected chi connectivity index (χ0v) is 10.1. The Kier molecular flexibility index (Phi) is 3.20. The van der Waals surface area contributed by atoms with Crippen molar-refractivity contribution >= 4 is 34.2 Å². The van der Waals surface area contributed by atoms with Crippen LogP contribution in [0.2, 0.25) is 0 Å².